The van der Waals surface area contributed by atoms with Crippen molar-refractivity contribution in [3.63, 3.8) is 0 Å². The van der Waals surface area contributed by atoms with Crippen LogP contribution in [0.5, 0.6) is 0 Å². The van der Waals surface area contributed by atoms with Crippen molar-refractivity contribution in [1.82, 2.24) is 5.32 Å². The summed E-state index contributed by atoms with van der Waals surface area (Å²) in [5.74, 6) is -0.448. The number of ketones is 1. The first-order valence-electron chi connectivity index (χ1n) is 5.28. The Morgan fingerprint density at radius 2 is 1.89 bits per heavy atom. The topological polar surface area (TPSA) is 46.2 Å². The summed E-state index contributed by atoms with van der Waals surface area (Å²) < 4.78 is 0. The maximum atomic E-state index is 11.8. The van der Waals surface area contributed by atoms with Gasteiger partial charge in [-0.25, -0.2) is 0 Å². The second kappa shape index (κ2) is 5.80. The molecule has 0 radical (unpaired) electrons. The smallest absolute Gasteiger partial charge is 0.263 e. The van der Waals surface area contributed by atoms with Crippen LogP contribution in [0.2, 0.25) is 5.02 Å². The maximum absolute atomic E-state index is 11.8. The van der Waals surface area contributed by atoms with Crippen LogP contribution in [0.4, 0.5) is 0 Å². The number of hydrogen-bond acceptors (Lipinski definition) is 3. The molecule has 0 bridgehead atoms. The number of amides is 1. The van der Waals surface area contributed by atoms with Crippen LogP contribution in [0.15, 0.2) is 41.8 Å². The number of halogens is 1. The van der Waals surface area contributed by atoms with Gasteiger partial charge in [-0.1, -0.05) is 41.9 Å². The van der Waals surface area contributed by atoms with Gasteiger partial charge in [0.2, 0.25) is 0 Å². The molecule has 0 fully saturated rings. The Kier molecular flexibility index (Phi) is 4.12. The van der Waals surface area contributed by atoms with Crippen LogP contribution in [-0.2, 0) is 0 Å². The standard InChI is InChI=1S/C13H10ClNO2S/c14-10-6-7-18-12(10)13(17)15-8-11(16)9-4-2-1-3-5-9/h1-7H,8H2,(H,15,17). The molecule has 1 aromatic carbocycles. The molecular formula is C13H10ClNO2S. The Morgan fingerprint density at radius 3 is 2.50 bits per heavy atom. The van der Waals surface area contributed by atoms with Crippen molar-refractivity contribution in [2.45, 2.75) is 0 Å². The minimum Gasteiger partial charge on any atom is -0.344 e. The molecule has 2 aromatic rings. The van der Waals surface area contributed by atoms with E-state index in [9.17, 15) is 9.59 Å². The van der Waals surface area contributed by atoms with E-state index >= 15 is 0 Å². The largest absolute Gasteiger partial charge is 0.344 e. The van der Waals surface area contributed by atoms with Crippen LogP contribution in [0.25, 0.3) is 0 Å². The van der Waals surface area contributed by atoms with Crippen molar-refractivity contribution >= 4 is 34.6 Å². The van der Waals surface area contributed by atoms with Gasteiger partial charge in [0.1, 0.15) is 4.88 Å². The molecule has 0 aliphatic carbocycles. The fourth-order valence-electron chi connectivity index (χ4n) is 1.42. The zero-order valence-electron chi connectivity index (χ0n) is 9.35. The van der Waals surface area contributed by atoms with Crippen molar-refractivity contribution in [1.29, 1.82) is 0 Å². The molecule has 92 valence electrons. The molecule has 0 saturated heterocycles. The summed E-state index contributed by atoms with van der Waals surface area (Å²) in [6.45, 7) is -0.0307. The van der Waals surface area contributed by atoms with Gasteiger partial charge in [-0.15, -0.1) is 11.3 Å². The Morgan fingerprint density at radius 1 is 1.17 bits per heavy atom. The van der Waals surface area contributed by atoms with Crippen LogP contribution in [-0.4, -0.2) is 18.2 Å². The van der Waals surface area contributed by atoms with E-state index in [4.69, 9.17) is 11.6 Å². The average Bonchev–Trinajstić information content (AvgIpc) is 2.83. The fraction of sp³-hybridized carbons (Fsp3) is 0.0769. The SMILES string of the molecule is O=C(CNC(=O)c1sccc1Cl)c1ccccc1. The van der Waals surface area contributed by atoms with E-state index in [1.807, 2.05) is 6.07 Å². The monoisotopic (exact) mass is 279 g/mol. The lowest BCUT2D eigenvalue weighted by molar-refractivity contribution is 0.0907. The number of nitrogens with one attached hydrogen (secondary N) is 1. The summed E-state index contributed by atoms with van der Waals surface area (Å²) in [4.78, 5) is 23.9. The predicted octanol–water partition coefficient (Wildman–Crippen LogP) is 3.01. The second-order valence-electron chi connectivity index (χ2n) is 3.57. The molecule has 5 heteroatoms. The van der Waals surface area contributed by atoms with Crippen molar-refractivity contribution in [2.75, 3.05) is 6.54 Å². The summed E-state index contributed by atoms with van der Waals surface area (Å²) in [6.07, 6.45) is 0. The predicted molar refractivity (Wildman–Crippen MR) is 72.4 cm³/mol. The minimum atomic E-state index is -0.320. The van der Waals surface area contributed by atoms with Gasteiger partial charge in [0.05, 0.1) is 11.6 Å². The number of carbonyl (C=O) groups is 2. The molecule has 18 heavy (non-hydrogen) atoms. The molecule has 0 saturated carbocycles. The average molecular weight is 280 g/mol. The third-order valence-corrected chi connectivity index (χ3v) is 3.67. The lowest BCUT2D eigenvalue weighted by atomic mass is 10.1. The molecule has 2 rings (SSSR count). The zero-order valence-corrected chi connectivity index (χ0v) is 10.9. The van der Waals surface area contributed by atoms with E-state index < -0.39 is 0 Å². The molecule has 0 spiro atoms. The minimum absolute atomic E-state index is 0.0307. The van der Waals surface area contributed by atoms with Gasteiger partial charge >= 0.3 is 0 Å². The van der Waals surface area contributed by atoms with Gasteiger partial charge < -0.3 is 5.32 Å². The first-order chi connectivity index (χ1) is 8.68. The highest BCUT2D eigenvalue weighted by atomic mass is 35.5. The van der Waals surface area contributed by atoms with E-state index in [-0.39, 0.29) is 18.2 Å². The Labute approximate surface area is 113 Å². The van der Waals surface area contributed by atoms with Crippen molar-refractivity contribution < 1.29 is 9.59 Å². The van der Waals surface area contributed by atoms with Crippen LogP contribution in [0.1, 0.15) is 20.0 Å². The first kappa shape index (κ1) is 12.8. The highest BCUT2D eigenvalue weighted by Gasteiger charge is 2.13. The van der Waals surface area contributed by atoms with E-state index in [1.165, 1.54) is 11.3 Å². The highest BCUT2D eigenvalue weighted by molar-refractivity contribution is 7.12. The van der Waals surface area contributed by atoms with Gasteiger partial charge in [0, 0.05) is 5.56 Å². The molecular weight excluding hydrogens is 270 g/mol. The lowest BCUT2D eigenvalue weighted by Gasteiger charge is -2.03. The second-order valence-corrected chi connectivity index (χ2v) is 4.89. The molecule has 0 atom stereocenters. The summed E-state index contributed by atoms with van der Waals surface area (Å²) in [5, 5.41) is 4.70. The third kappa shape index (κ3) is 2.97. The van der Waals surface area contributed by atoms with Crippen molar-refractivity contribution in [2.24, 2.45) is 0 Å². The third-order valence-electron chi connectivity index (χ3n) is 2.33. The van der Waals surface area contributed by atoms with Crippen LogP contribution >= 0.6 is 22.9 Å². The highest BCUT2D eigenvalue weighted by Crippen LogP contribution is 2.21. The number of benzene rings is 1. The molecule has 0 aliphatic heterocycles. The number of Topliss-reactive ketones (excluding diaryl/α,β-unsaturated/α-hetero) is 1. The van der Waals surface area contributed by atoms with E-state index in [1.54, 1.807) is 35.7 Å². The Hall–Kier alpha value is -1.65. The molecule has 1 amide bonds. The van der Waals surface area contributed by atoms with Crippen LogP contribution in [0, 0.1) is 0 Å². The van der Waals surface area contributed by atoms with Gasteiger partial charge in [-0.3, -0.25) is 9.59 Å². The Balaban J connectivity index is 1.95. The maximum Gasteiger partial charge on any atom is 0.263 e. The number of carbonyl (C=O) groups excluding carboxylic acids is 2. The van der Waals surface area contributed by atoms with Gasteiger partial charge in [-0.2, -0.15) is 0 Å². The van der Waals surface area contributed by atoms with Crippen molar-refractivity contribution in [3.05, 3.63) is 57.2 Å². The fourth-order valence-corrected chi connectivity index (χ4v) is 2.48. The normalized spacial score (nSPS) is 10.1. The summed E-state index contributed by atoms with van der Waals surface area (Å²) in [7, 11) is 0. The van der Waals surface area contributed by atoms with Crippen LogP contribution in [0.3, 0.4) is 0 Å². The number of rotatable bonds is 4. The number of hydrogen-bond donors (Lipinski definition) is 1. The zero-order chi connectivity index (χ0) is 13.0. The van der Waals surface area contributed by atoms with Gasteiger partial charge in [-0.05, 0) is 11.4 Å². The van der Waals surface area contributed by atoms with Crippen molar-refractivity contribution in [3.8, 4) is 0 Å². The van der Waals surface area contributed by atoms with Gasteiger partial charge in [0.25, 0.3) is 5.91 Å². The molecule has 1 N–H and O–H groups in total. The van der Waals surface area contributed by atoms with E-state index in [0.717, 1.165) is 0 Å². The molecule has 1 heterocycles. The number of thiophene rings is 1. The Bertz CT molecular complexity index is 565. The summed E-state index contributed by atoms with van der Waals surface area (Å²) in [6, 6.07) is 10.5. The lowest BCUT2D eigenvalue weighted by Crippen LogP contribution is -2.29. The van der Waals surface area contributed by atoms with E-state index in [2.05, 4.69) is 5.32 Å². The first-order valence-corrected chi connectivity index (χ1v) is 6.53. The quantitative estimate of drug-likeness (QED) is 0.875. The molecule has 3 nitrogen and oxygen atoms in total. The van der Waals surface area contributed by atoms with E-state index in [0.29, 0.717) is 15.5 Å². The summed E-state index contributed by atoms with van der Waals surface area (Å²) >= 11 is 7.08. The molecule has 0 aliphatic rings. The van der Waals surface area contributed by atoms with Crippen LogP contribution < -0.4 is 5.32 Å². The molecule has 0 unspecified atom stereocenters. The van der Waals surface area contributed by atoms with Gasteiger partial charge in [0.15, 0.2) is 5.78 Å². The molecule has 1 aromatic heterocycles. The summed E-state index contributed by atoms with van der Waals surface area (Å²) in [5.41, 5.74) is 0.579.